The van der Waals surface area contributed by atoms with Crippen LogP contribution in [0.25, 0.3) is 0 Å². The Bertz CT molecular complexity index is 639. The summed E-state index contributed by atoms with van der Waals surface area (Å²) in [6.45, 7) is 1.78. The molecule has 0 radical (unpaired) electrons. The molecular formula is C15H10ClNO. The zero-order chi connectivity index (χ0) is 13.1. The molecule has 0 aliphatic rings. The Kier molecular flexibility index (Phi) is 3.45. The summed E-state index contributed by atoms with van der Waals surface area (Å²) >= 11 is 5.79. The zero-order valence-electron chi connectivity index (χ0n) is 9.77. The van der Waals surface area contributed by atoms with Gasteiger partial charge in [0.1, 0.15) is 0 Å². The van der Waals surface area contributed by atoms with Gasteiger partial charge >= 0.3 is 0 Å². The van der Waals surface area contributed by atoms with Crippen LogP contribution >= 0.6 is 11.6 Å². The first-order chi connectivity index (χ1) is 8.63. The van der Waals surface area contributed by atoms with Crippen LogP contribution in [-0.4, -0.2) is 5.78 Å². The third-order valence-corrected chi connectivity index (χ3v) is 3.06. The van der Waals surface area contributed by atoms with Gasteiger partial charge in [-0.15, -0.1) is 0 Å². The lowest BCUT2D eigenvalue weighted by Gasteiger charge is -2.06. The molecule has 0 bridgehead atoms. The predicted molar refractivity (Wildman–Crippen MR) is 70.8 cm³/mol. The molecule has 88 valence electrons. The molecule has 0 aromatic heterocycles. The number of nitrogens with zero attached hydrogens (tertiary/aromatic N) is 1. The number of benzene rings is 2. The van der Waals surface area contributed by atoms with Gasteiger partial charge in [-0.1, -0.05) is 23.7 Å². The van der Waals surface area contributed by atoms with Crippen LogP contribution in [0, 0.1) is 18.3 Å². The number of nitriles is 1. The van der Waals surface area contributed by atoms with Crippen molar-refractivity contribution < 1.29 is 4.79 Å². The quantitative estimate of drug-likeness (QED) is 0.767. The highest BCUT2D eigenvalue weighted by molar-refractivity contribution is 6.30. The lowest BCUT2D eigenvalue weighted by atomic mass is 9.96. The first-order valence-corrected chi connectivity index (χ1v) is 5.81. The summed E-state index contributed by atoms with van der Waals surface area (Å²) in [5, 5.41) is 9.54. The van der Waals surface area contributed by atoms with Gasteiger partial charge in [-0.25, -0.2) is 0 Å². The van der Waals surface area contributed by atoms with Gasteiger partial charge in [-0.2, -0.15) is 5.26 Å². The van der Waals surface area contributed by atoms with E-state index in [2.05, 4.69) is 6.07 Å². The largest absolute Gasteiger partial charge is 0.289 e. The average molecular weight is 256 g/mol. The highest BCUT2D eigenvalue weighted by atomic mass is 35.5. The Morgan fingerprint density at radius 2 is 1.83 bits per heavy atom. The van der Waals surface area contributed by atoms with E-state index in [1.54, 1.807) is 49.4 Å². The van der Waals surface area contributed by atoms with Crippen LogP contribution in [0.5, 0.6) is 0 Å². The van der Waals surface area contributed by atoms with E-state index in [1.807, 2.05) is 0 Å². The van der Waals surface area contributed by atoms with Gasteiger partial charge < -0.3 is 0 Å². The summed E-state index contributed by atoms with van der Waals surface area (Å²) in [5.41, 5.74) is 2.35. The molecule has 0 aliphatic heterocycles. The third kappa shape index (κ3) is 2.27. The minimum Gasteiger partial charge on any atom is -0.289 e. The first kappa shape index (κ1) is 12.3. The number of rotatable bonds is 2. The fourth-order valence-corrected chi connectivity index (χ4v) is 1.89. The topological polar surface area (TPSA) is 40.9 Å². The fraction of sp³-hybridized carbons (Fsp3) is 0.0667. The maximum absolute atomic E-state index is 12.3. The Morgan fingerprint density at radius 1 is 1.17 bits per heavy atom. The monoisotopic (exact) mass is 255 g/mol. The van der Waals surface area contributed by atoms with E-state index in [9.17, 15) is 4.79 Å². The smallest absolute Gasteiger partial charge is 0.193 e. The van der Waals surface area contributed by atoms with Crippen molar-refractivity contribution in [3.63, 3.8) is 0 Å². The van der Waals surface area contributed by atoms with E-state index >= 15 is 0 Å². The summed E-state index contributed by atoms with van der Waals surface area (Å²) in [5.74, 6) is -0.0960. The zero-order valence-corrected chi connectivity index (χ0v) is 10.5. The number of hydrogen-bond acceptors (Lipinski definition) is 2. The lowest BCUT2D eigenvalue weighted by Crippen LogP contribution is -2.04. The van der Waals surface area contributed by atoms with Gasteiger partial charge in [0, 0.05) is 16.1 Å². The van der Waals surface area contributed by atoms with Gasteiger partial charge in [-0.3, -0.25) is 4.79 Å². The Balaban J connectivity index is 2.47. The van der Waals surface area contributed by atoms with E-state index in [4.69, 9.17) is 16.9 Å². The molecule has 0 atom stereocenters. The average Bonchev–Trinajstić information content (AvgIpc) is 2.39. The van der Waals surface area contributed by atoms with E-state index in [-0.39, 0.29) is 5.78 Å². The van der Waals surface area contributed by atoms with Crippen LogP contribution in [-0.2, 0) is 0 Å². The molecule has 0 fully saturated rings. The molecule has 0 amide bonds. The second-order valence-electron chi connectivity index (χ2n) is 3.93. The third-order valence-electron chi connectivity index (χ3n) is 2.81. The van der Waals surface area contributed by atoms with Crippen LogP contribution < -0.4 is 0 Å². The van der Waals surface area contributed by atoms with Crippen molar-refractivity contribution in [1.29, 1.82) is 5.26 Å². The van der Waals surface area contributed by atoms with Crippen LogP contribution in [0.4, 0.5) is 0 Å². The van der Waals surface area contributed by atoms with Gasteiger partial charge in [0.25, 0.3) is 0 Å². The van der Waals surface area contributed by atoms with Gasteiger partial charge in [0.15, 0.2) is 5.78 Å². The normalized spacial score (nSPS) is 9.83. The van der Waals surface area contributed by atoms with Gasteiger partial charge in [0.2, 0.25) is 0 Å². The first-order valence-electron chi connectivity index (χ1n) is 5.43. The minimum absolute atomic E-state index is 0.0960. The predicted octanol–water partition coefficient (Wildman–Crippen LogP) is 3.75. The van der Waals surface area contributed by atoms with Gasteiger partial charge in [-0.05, 0) is 42.8 Å². The number of hydrogen-bond donors (Lipinski definition) is 0. The number of carbonyl (C=O) groups excluding carboxylic acids is 1. The van der Waals surface area contributed by atoms with Crippen molar-refractivity contribution in [2.24, 2.45) is 0 Å². The highest BCUT2D eigenvalue weighted by Gasteiger charge is 2.13. The molecule has 0 heterocycles. The molecule has 18 heavy (non-hydrogen) atoms. The Morgan fingerprint density at radius 3 is 2.44 bits per heavy atom. The van der Waals surface area contributed by atoms with Crippen LogP contribution in [0.2, 0.25) is 5.02 Å². The molecule has 2 nitrogen and oxygen atoms in total. The summed E-state index contributed by atoms with van der Waals surface area (Å²) in [6.07, 6.45) is 0. The molecule has 3 heteroatoms. The molecule has 2 aromatic carbocycles. The van der Waals surface area contributed by atoms with Crippen molar-refractivity contribution in [2.75, 3.05) is 0 Å². The van der Waals surface area contributed by atoms with E-state index in [1.165, 1.54) is 0 Å². The molecule has 2 rings (SSSR count). The van der Waals surface area contributed by atoms with E-state index in [0.29, 0.717) is 27.3 Å². The van der Waals surface area contributed by atoms with Crippen molar-refractivity contribution >= 4 is 17.4 Å². The van der Waals surface area contributed by atoms with Crippen molar-refractivity contribution in [1.82, 2.24) is 0 Å². The number of ketones is 1. The summed E-state index contributed by atoms with van der Waals surface area (Å²) in [7, 11) is 0. The second kappa shape index (κ2) is 5.03. The lowest BCUT2D eigenvalue weighted by molar-refractivity contribution is 0.103. The number of halogens is 1. The molecular weight excluding hydrogens is 246 g/mol. The Labute approximate surface area is 110 Å². The van der Waals surface area contributed by atoms with Crippen molar-refractivity contribution in [3.8, 4) is 6.07 Å². The van der Waals surface area contributed by atoms with Crippen LogP contribution in [0.3, 0.4) is 0 Å². The second-order valence-corrected chi connectivity index (χ2v) is 4.36. The molecule has 0 saturated carbocycles. The van der Waals surface area contributed by atoms with Crippen molar-refractivity contribution in [3.05, 3.63) is 69.7 Å². The van der Waals surface area contributed by atoms with Crippen molar-refractivity contribution in [2.45, 2.75) is 6.92 Å². The molecule has 0 spiro atoms. The maximum Gasteiger partial charge on any atom is 0.193 e. The molecule has 0 N–H and O–H groups in total. The van der Waals surface area contributed by atoms with Crippen LogP contribution in [0.15, 0.2) is 42.5 Å². The SMILES string of the molecule is Cc1c(C#N)cccc1C(=O)c1ccc(Cl)cc1. The highest BCUT2D eigenvalue weighted by Crippen LogP contribution is 2.18. The maximum atomic E-state index is 12.3. The molecule has 0 saturated heterocycles. The fourth-order valence-electron chi connectivity index (χ4n) is 1.76. The Hall–Kier alpha value is -2.11. The number of carbonyl (C=O) groups is 1. The summed E-state index contributed by atoms with van der Waals surface area (Å²) < 4.78 is 0. The molecule has 0 unspecified atom stereocenters. The van der Waals surface area contributed by atoms with Gasteiger partial charge in [0.05, 0.1) is 11.6 Å². The van der Waals surface area contributed by atoms with Crippen LogP contribution in [0.1, 0.15) is 27.0 Å². The van der Waals surface area contributed by atoms with E-state index < -0.39 is 0 Å². The molecule has 2 aromatic rings. The minimum atomic E-state index is -0.0960. The standard InChI is InChI=1S/C15H10ClNO/c1-10-12(9-17)3-2-4-14(10)15(18)11-5-7-13(16)8-6-11/h2-8H,1H3. The molecule has 0 aliphatic carbocycles. The van der Waals surface area contributed by atoms with E-state index in [0.717, 1.165) is 0 Å². The summed E-state index contributed by atoms with van der Waals surface area (Å²) in [6, 6.07) is 14.0. The summed E-state index contributed by atoms with van der Waals surface area (Å²) in [4.78, 5) is 12.3.